The maximum atomic E-state index is 5.32. The summed E-state index contributed by atoms with van der Waals surface area (Å²) in [6, 6.07) is 16.7. The zero-order chi connectivity index (χ0) is 19.7. The number of ether oxygens (including phenoxy) is 1. The van der Waals surface area contributed by atoms with Gasteiger partial charge in [0.05, 0.1) is 13.7 Å². The standard InChI is InChI=1S/C23H28N4O/c1-23(2,3)24-14-7-15-26-21(17-10-12-18(28-4)13-11-17)16-27-20-9-6-5-8-19(20)25-22(26)27/h5-6,8-13,16,24H,7,14-15H2,1-4H3/p+1. The Morgan fingerprint density at radius 1 is 1.07 bits per heavy atom. The molecule has 0 fully saturated rings. The number of hydrogen-bond donors (Lipinski definition) is 2. The molecule has 2 aromatic heterocycles. The van der Waals surface area contributed by atoms with Crippen LogP contribution in [-0.4, -0.2) is 28.7 Å². The summed E-state index contributed by atoms with van der Waals surface area (Å²) in [6.45, 7) is 8.54. The first-order valence-corrected chi connectivity index (χ1v) is 9.87. The number of H-pyrrole nitrogens is 1. The maximum Gasteiger partial charge on any atom is 0.368 e. The zero-order valence-electron chi connectivity index (χ0n) is 17.1. The predicted octanol–water partition coefficient (Wildman–Crippen LogP) is 4.16. The SMILES string of the molecule is COc1ccc(-c2c[n+]3c4ccccc4[nH]c3n2CCCNC(C)(C)C)cc1. The molecule has 0 radical (unpaired) electrons. The second-order valence-electron chi connectivity index (χ2n) is 8.26. The van der Waals surface area contributed by atoms with E-state index in [1.54, 1.807) is 7.11 Å². The molecule has 0 spiro atoms. The first-order chi connectivity index (χ1) is 13.5. The monoisotopic (exact) mass is 377 g/mol. The number of imidazole rings is 2. The Morgan fingerprint density at radius 3 is 2.54 bits per heavy atom. The Kier molecular flexibility index (Phi) is 4.85. The number of para-hydroxylation sites is 2. The summed E-state index contributed by atoms with van der Waals surface area (Å²) in [5, 5.41) is 3.59. The summed E-state index contributed by atoms with van der Waals surface area (Å²) < 4.78 is 9.96. The van der Waals surface area contributed by atoms with Gasteiger partial charge in [-0.3, -0.25) is 0 Å². The van der Waals surface area contributed by atoms with Crippen LogP contribution in [0.1, 0.15) is 27.2 Å². The highest BCUT2D eigenvalue weighted by atomic mass is 16.5. The van der Waals surface area contributed by atoms with E-state index < -0.39 is 0 Å². The number of aromatic nitrogens is 3. The number of aromatic amines is 1. The number of rotatable bonds is 6. The fraction of sp³-hybridized carbons (Fsp3) is 0.348. The highest BCUT2D eigenvalue weighted by Crippen LogP contribution is 2.25. The van der Waals surface area contributed by atoms with E-state index in [0.29, 0.717) is 0 Å². The summed E-state index contributed by atoms with van der Waals surface area (Å²) in [4.78, 5) is 3.60. The third-order valence-electron chi connectivity index (χ3n) is 5.04. The number of nitrogens with one attached hydrogen (secondary N) is 2. The topological polar surface area (TPSA) is 46.1 Å². The van der Waals surface area contributed by atoms with Crippen molar-refractivity contribution in [2.45, 2.75) is 39.3 Å². The van der Waals surface area contributed by atoms with Crippen LogP contribution in [0.4, 0.5) is 0 Å². The third kappa shape index (κ3) is 3.62. The van der Waals surface area contributed by atoms with Crippen molar-refractivity contribution in [2.24, 2.45) is 0 Å². The summed E-state index contributed by atoms with van der Waals surface area (Å²) in [5.74, 6) is 1.99. The molecular weight excluding hydrogens is 348 g/mol. The highest BCUT2D eigenvalue weighted by Gasteiger charge is 2.22. The predicted molar refractivity (Wildman–Crippen MR) is 114 cm³/mol. The van der Waals surface area contributed by atoms with E-state index in [-0.39, 0.29) is 5.54 Å². The number of methoxy groups -OCH3 is 1. The van der Waals surface area contributed by atoms with Gasteiger partial charge in [-0.05, 0) is 70.1 Å². The molecule has 2 N–H and O–H groups in total. The lowest BCUT2D eigenvalue weighted by molar-refractivity contribution is -0.479. The first-order valence-electron chi connectivity index (χ1n) is 9.87. The lowest BCUT2D eigenvalue weighted by Crippen LogP contribution is -2.36. The van der Waals surface area contributed by atoms with Gasteiger partial charge in [-0.1, -0.05) is 12.1 Å². The van der Waals surface area contributed by atoms with Crippen molar-refractivity contribution in [3.63, 3.8) is 0 Å². The van der Waals surface area contributed by atoms with Crippen molar-refractivity contribution in [3.05, 3.63) is 54.7 Å². The van der Waals surface area contributed by atoms with Gasteiger partial charge in [-0.15, -0.1) is 0 Å². The molecule has 0 saturated carbocycles. The van der Waals surface area contributed by atoms with Gasteiger partial charge in [0, 0.05) is 11.1 Å². The minimum atomic E-state index is 0.140. The maximum absolute atomic E-state index is 5.32. The van der Waals surface area contributed by atoms with Crippen LogP contribution in [0, 0.1) is 0 Å². The molecule has 28 heavy (non-hydrogen) atoms. The van der Waals surface area contributed by atoms with E-state index in [2.05, 4.69) is 82.6 Å². The molecule has 146 valence electrons. The van der Waals surface area contributed by atoms with Crippen molar-refractivity contribution in [1.82, 2.24) is 14.9 Å². The smallest absolute Gasteiger partial charge is 0.368 e. The van der Waals surface area contributed by atoms with Gasteiger partial charge in [0.25, 0.3) is 0 Å². The van der Waals surface area contributed by atoms with Crippen molar-refractivity contribution < 1.29 is 9.14 Å². The van der Waals surface area contributed by atoms with E-state index in [9.17, 15) is 0 Å². The van der Waals surface area contributed by atoms with Crippen LogP contribution in [-0.2, 0) is 6.54 Å². The van der Waals surface area contributed by atoms with Gasteiger partial charge < -0.3 is 10.1 Å². The molecule has 2 heterocycles. The molecule has 5 heteroatoms. The molecule has 2 aromatic carbocycles. The molecule has 4 rings (SSSR count). The van der Waals surface area contributed by atoms with Crippen molar-refractivity contribution in [3.8, 4) is 17.0 Å². The number of benzene rings is 2. The van der Waals surface area contributed by atoms with Gasteiger partial charge in [-0.2, -0.15) is 4.40 Å². The fourth-order valence-electron chi connectivity index (χ4n) is 3.64. The molecule has 0 saturated heterocycles. The van der Waals surface area contributed by atoms with Crippen LogP contribution in [0.2, 0.25) is 0 Å². The molecule has 5 nitrogen and oxygen atoms in total. The Bertz CT molecular complexity index is 1080. The Morgan fingerprint density at radius 2 is 1.82 bits per heavy atom. The molecule has 0 aliphatic rings. The van der Waals surface area contributed by atoms with Gasteiger partial charge >= 0.3 is 5.78 Å². The Labute approximate surface area is 166 Å². The van der Waals surface area contributed by atoms with E-state index in [4.69, 9.17) is 4.74 Å². The van der Waals surface area contributed by atoms with Gasteiger partial charge in [0.15, 0.2) is 0 Å². The largest absolute Gasteiger partial charge is 0.497 e. The molecule has 4 aromatic rings. The van der Waals surface area contributed by atoms with E-state index in [0.717, 1.165) is 36.6 Å². The van der Waals surface area contributed by atoms with Gasteiger partial charge in [0.1, 0.15) is 28.7 Å². The third-order valence-corrected chi connectivity index (χ3v) is 5.04. The summed E-state index contributed by atoms with van der Waals surface area (Å²) in [6.07, 6.45) is 3.29. The number of fused-ring (bicyclic) bond motifs is 3. The Hall–Kier alpha value is -2.79. The quantitative estimate of drug-likeness (QED) is 0.391. The average Bonchev–Trinajstić information content (AvgIpc) is 3.21. The van der Waals surface area contributed by atoms with Crippen LogP contribution < -0.4 is 14.5 Å². The van der Waals surface area contributed by atoms with Crippen molar-refractivity contribution in [2.75, 3.05) is 13.7 Å². The molecule has 0 amide bonds. The lowest BCUT2D eigenvalue weighted by Gasteiger charge is -2.20. The number of nitrogens with zero attached hydrogens (tertiary/aromatic N) is 2. The minimum absolute atomic E-state index is 0.140. The van der Waals surface area contributed by atoms with Crippen LogP contribution in [0.15, 0.2) is 54.7 Å². The normalized spacial score (nSPS) is 12.1. The summed E-state index contributed by atoms with van der Waals surface area (Å²) in [7, 11) is 1.70. The molecule has 0 bridgehead atoms. The fourth-order valence-corrected chi connectivity index (χ4v) is 3.64. The van der Waals surface area contributed by atoms with Crippen LogP contribution in [0.3, 0.4) is 0 Å². The molecule has 0 aliphatic heterocycles. The van der Waals surface area contributed by atoms with Crippen molar-refractivity contribution in [1.29, 1.82) is 0 Å². The van der Waals surface area contributed by atoms with Crippen molar-refractivity contribution >= 4 is 16.8 Å². The van der Waals surface area contributed by atoms with Crippen LogP contribution in [0.5, 0.6) is 5.75 Å². The molecule has 0 atom stereocenters. The van der Waals surface area contributed by atoms with E-state index in [1.165, 1.54) is 16.8 Å². The molecule has 0 unspecified atom stereocenters. The van der Waals surface area contributed by atoms with E-state index >= 15 is 0 Å². The second-order valence-corrected chi connectivity index (χ2v) is 8.26. The molecular formula is C23H29N4O+. The van der Waals surface area contributed by atoms with Gasteiger partial charge in [0.2, 0.25) is 0 Å². The van der Waals surface area contributed by atoms with Crippen LogP contribution >= 0.6 is 0 Å². The highest BCUT2D eigenvalue weighted by molar-refractivity contribution is 5.74. The zero-order valence-corrected chi connectivity index (χ0v) is 17.1. The summed E-state index contributed by atoms with van der Waals surface area (Å²) in [5.41, 5.74) is 4.88. The summed E-state index contributed by atoms with van der Waals surface area (Å²) >= 11 is 0. The number of hydrogen-bond acceptors (Lipinski definition) is 2. The number of aryl methyl sites for hydroxylation is 1. The first kappa shape index (κ1) is 18.6. The second kappa shape index (κ2) is 7.32. The van der Waals surface area contributed by atoms with E-state index in [1.807, 2.05) is 12.1 Å². The molecule has 0 aliphatic carbocycles. The van der Waals surface area contributed by atoms with Gasteiger partial charge in [-0.25, -0.2) is 9.55 Å². The van der Waals surface area contributed by atoms with Crippen LogP contribution in [0.25, 0.3) is 28.1 Å². The minimum Gasteiger partial charge on any atom is -0.497 e. The lowest BCUT2D eigenvalue weighted by atomic mass is 10.1. The Balaban J connectivity index is 1.73. The average molecular weight is 378 g/mol.